The Bertz CT molecular complexity index is 365. The zero-order valence-electron chi connectivity index (χ0n) is 11.5. The first-order valence-electron chi connectivity index (χ1n) is 5.71. The molecule has 0 bridgehead atoms. The highest BCUT2D eigenvalue weighted by Gasteiger charge is 2.01. The lowest BCUT2D eigenvalue weighted by molar-refractivity contribution is 0.854. The van der Waals surface area contributed by atoms with Gasteiger partial charge in [-0.2, -0.15) is 0 Å². The van der Waals surface area contributed by atoms with Crippen molar-refractivity contribution in [1.82, 2.24) is 4.98 Å². The second-order valence-electron chi connectivity index (χ2n) is 1.45. The normalized spacial score (nSPS) is 26.0. The Hall–Kier alpha value is -0.570. The van der Waals surface area contributed by atoms with Crippen LogP contribution in [0.2, 0.25) is 0 Å². The fraction of sp³-hybridized carbons (Fsp3) is 0.500. The molecule has 50 valence electrons. The van der Waals surface area contributed by atoms with Gasteiger partial charge in [-0.05, 0) is 0 Å². The Labute approximate surface area is 68.6 Å². The van der Waals surface area contributed by atoms with Gasteiger partial charge in [0.15, 0.2) is 0 Å². The molecule has 0 radical (unpaired) electrons. The molecule has 0 saturated heterocycles. The first kappa shape index (κ1) is 1.95. The van der Waals surface area contributed by atoms with Gasteiger partial charge in [0, 0.05) is 20.9 Å². The van der Waals surface area contributed by atoms with Gasteiger partial charge in [0.2, 0.25) is 0 Å². The Morgan fingerprint density at radius 1 is 2.00 bits per heavy atom. The predicted molar refractivity (Wildman–Crippen MR) is 40.6 cm³/mol. The summed E-state index contributed by atoms with van der Waals surface area (Å²) in [7, 11) is 0. The monoisotopic (exact) mass is 149 g/mol. The van der Waals surface area contributed by atoms with Crippen LogP contribution in [0, 0.1) is 0 Å². The van der Waals surface area contributed by atoms with Crippen LogP contribution in [0.1, 0.15) is 34.2 Å². The molecule has 2 nitrogen and oxygen atoms in total. The third-order valence-electron chi connectivity index (χ3n) is 0.736. The molecule has 1 heterocycles. The van der Waals surface area contributed by atoms with E-state index in [0.29, 0.717) is 0 Å². The summed E-state index contributed by atoms with van der Waals surface area (Å²) >= 11 is 0.767. The third-order valence-corrected chi connectivity index (χ3v) is 1.61. The molecule has 0 amide bonds. The van der Waals surface area contributed by atoms with Crippen LogP contribution in [-0.2, 0) is 0 Å². The summed E-state index contributed by atoms with van der Waals surface area (Å²) in [5, 5.41) is 1.00. The topological polar surface area (TPSA) is 38.9 Å². The standard InChI is InChI=1S/C6H10N2S/c1-4(2)6-8-5(7)3-9-6/h3-4H,7H2,1-2H3/i1D3,2D3,4D. The van der Waals surface area contributed by atoms with Crippen molar-refractivity contribution < 1.29 is 9.60 Å². The van der Waals surface area contributed by atoms with E-state index in [0.717, 1.165) is 11.3 Å². The van der Waals surface area contributed by atoms with Gasteiger partial charge in [0.1, 0.15) is 5.82 Å². The molecule has 0 aliphatic carbocycles. The van der Waals surface area contributed by atoms with Gasteiger partial charge in [0.05, 0.1) is 5.01 Å². The predicted octanol–water partition coefficient (Wildman–Crippen LogP) is 1.85. The van der Waals surface area contributed by atoms with Gasteiger partial charge in [-0.1, -0.05) is 13.7 Å². The number of nitrogens with zero attached hydrogens (tertiary/aromatic N) is 1. The number of rotatable bonds is 1. The number of anilines is 1. The maximum absolute atomic E-state index is 7.75. The molecule has 0 saturated carbocycles. The molecule has 9 heavy (non-hydrogen) atoms. The highest BCUT2D eigenvalue weighted by Crippen LogP contribution is 2.19. The van der Waals surface area contributed by atoms with E-state index in [1.807, 2.05) is 0 Å². The summed E-state index contributed by atoms with van der Waals surface area (Å²) in [5.74, 6) is -2.72. The van der Waals surface area contributed by atoms with Crippen LogP contribution in [0.4, 0.5) is 5.82 Å². The molecule has 0 fully saturated rings. The minimum Gasteiger partial charge on any atom is -0.383 e. The fourth-order valence-electron chi connectivity index (χ4n) is 0.401. The maximum Gasteiger partial charge on any atom is 0.134 e. The van der Waals surface area contributed by atoms with Crippen LogP contribution >= 0.6 is 11.3 Å². The highest BCUT2D eigenvalue weighted by atomic mass is 32.1. The molecule has 0 unspecified atom stereocenters. The molecular formula is C6H10N2S. The smallest absolute Gasteiger partial charge is 0.134 e. The maximum atomic E-state index is 7.75. The van der Waals surface area contributed by atoms with Crippen molar-refractivity contribution in [3.8, 4) is 0 Å². The Morgan fingerprint density at radius 3 is 3.22 bits per heavy atom. The van der Waals surface area contributed by atoms with Crippen molar-refractivity contribution in [2.75, 3.05) is 5.73 Å². The van der Waals surface area contributed by atoms with E-state index in [9.17, 15) is 0 Å². The van der Waals surface area contributed by atoms with Gasteiger partial charge in [-0.25, -0.2) is 4.98 Å². The van der Waals surface area contributed by atoms with Gasteiger partial charge in [-0.3, -0.25) is 0 Å². The number of hydrogen-bond acceptors (Lipinski definition) is 3. The Kier molecular flexibility index (Phi) is 0.511. The minimum absolute atomic E-state index is 0.0186. The van der Waals surface area contributed by atoms with E-state index in [-0.39, 0.29) is 10.8 Å². The van der Waals surface area contributed by atoms with E-state index in [2.05, 4.69) is 4.98 Å². The Balaban J connectivity index is 3.38. The molecule has 0 aliphatic heterocycles. The second kappa shape index (κ2) is 2.35. The molecule has 0 atom stereocenters. The van der Waals surface area contributed by atoms with Crippen LogP contribution in [-0.4, -0.2) is 4.98 Å². The number of aromatic nitrogens is 1. The summed E-state index contributed by atoms with van der Waals surface area (Å²) in [6.07, 6.45) is 0. The molecule has 3 heteroatoms. The molecular weight excluding hydrogens is 132 g/mol. The van der Waals surface area contributed by atoms with Crippen molar-refractivity contribution in [3.05, 3.63) is 10.4 Å². The van der Waals surface area contributed by atoms with Crippen LogP contribution in [0.25, 0.3) is 0 Å². The lowest BCUT2D eigenvalue weighted by Crippen LogP contribution is -1.87. The summed E-state index contributed by atoms with van der Waals surface area (Å²) in [5.41, 5.74) is 5.31. The number of hydrogen-bond donors (Lipinski definition) is 1. The fourth-order valence-corrected chi connectivity index (χ4v) is 0.962. The van der Waals surface area contributed by atoms with Gasteiger partial charge < -0.3 is 5.73 Å². The zero-order valence-corrected chi connectivity index (χ0v) is 5.33. The lowest BCUT2D eigenvalue weighted by Gasteiger charge is -1.94. The summed E-state index contributed by atoms with van der Waals surface area (Å²) in [6.45, 7) is -5.99. The van der Waals surface area contributed by atoms with E-state index in [1.165, 1.54) is 5.38 Å². The van der Waals surface area contributed by atoms with Gasteiger partial charge in [-0.15, -0.1) is 11.3 Å². The molecule has 0 aliphatic rings. The molecule has 1 aromatic rings. The third kappa shape index (κ3) is 1.42. The number of nitrogen functional groups attached to an aromatic ring is 1. The van der Waals surface area contributed by atoms with Crippen LogP contribution in [0.15, 0.2) is 5.38 Å². The van der Waals surface area contributed by atoms with Crippen molar-refractivity contribution >= 4 is 17.2 Å². The van der Waals surface area contributed by atoms with Crippen molar-refractivity contribution in [3.63, 3.8) is 0 Å². The number of nitrogens with two attached hydrogens (primary N) is 1. The van der Waals surface area contributed by atoms with Gasteiger partial charge in [0.25, 0.3) is 0 Å². The minimum atomic E-state index is -3.00. The van der Waals surface area contributed by atoms with Crippen LogP contribution in [0.3, 0.4) is 0 Å². The summed E-state index contributed by atoms with van der Waals surface area (Å²) < 4.78 is 50.9. The van der Waals surface area contributed by atoms with E-state index < -0.39 is 19.6 Å². The quantitative estimate of drug-likeness (QED) is 0.662. The summed E-state index contributed by atoms with van der Waals surface area (Å²) in [6, 6.07) is 0. The average molecular weight is 149 g/mol. The Morgan fingerprint density at radius 2 is 2.78 bits per heavy atom. The molecule has 2 N–H and O–H groups in total. The average Bonchev–Trinajstić information content (AvgIpc) is 2.46. The second-order valence-corrected chi connectivity index (χ2v) is 2.31. The first-order valence-corrected chi connectivity index (χ1v) is 3.09. The highest BCUT2D eigenvalue weighted by molar-refractivity contribution is 7.10. The lowest BCUT2D eigenvalue weighted by atomic mass is 10.2. The van der Waals surface area contributed by atoms with E-state index in [1.54, 1.807) is 0 Å². The van der Waals surface area contributed by atoms with E-state index in [4.69, 9.17) is 15.3 Å². The first-order chi connectivity index (χ1) is 7.00. The SMILES string of the molecule is [2H]C([2H])([2H])C([2H])(c1nc(N)cs1)C([2H])([2H])[2H]. The molecule has 1 aromatic heterocycles. The van der Waals surface area contributed by atoms with Gasteiger partial charge >= 0.3 is 0 Å². The number of thiazole rings is 1. The molecule has 0 aromatic carbocycles. The van der Waals surface area contributed by atoms with Crippen LogP contribution in [0.5, 0.6) is 0 Å². The zero-order chi connectivity index (χ0) is 12.8. The van der Waals surface area contributed by atoms with Crippen LogP contribution < -0.4 is 5.73 Å². The van der Waals surface area contributed by atoms with Crippen molar-refractivity contribution in [2.45, 2.75) is 19.6 Å². The molecule has 1 rings (SSSR count). The van der Waals surface area contributed by atoms with Crippen molar-refractivity contribution in [2.24, 2.45) is 0 Å². The molecule has 0 spiro atoms. The summed E-state index contributed by atoms with van der Waals surface area (Å²) in [4.78, 5) is 3.60. The van der Waals surface area contributed by atoms with Crippen molar-refractivity contribution in [1.29, 1.82) is 0 Å². The largest absolute Gasteiger partial charge is 0.383 e. The van der Waals surface area contributed by atoms with E-state index >= 15 is 0 Å².